The maximum absolute atomic E-state index is 12.3. The van der Waals surface area contributed by atoms with Crippen LogP contribution in [0.3, 0.4) is 0 Å². The summed E-state index contributed by atoms with van der Waals surface area (Å²) in [4.78, 5) is 22.9. The standard InChI is InChI=1S/C18H21N7O2/c1-24-16-15(22-23-24)17(21-11-20-16)25-9-13(10-25)18(26)19-8-7-12-3-5-14(27-2)6-4-12/h3-6,11,13H,7-10H2,1-2H3,(H,19,26). The van der Waals surface area contributed by atoms with Crippen molar-refractivity contribution in [2.24, 2.45) is 13.0 Å². The summed E-state index contributed by atoms with van der Waals surface area (Å²) in [5.41, 5.74) is 2.52. The van der Waals surface area contributed by atoms with E-state index >= 15 is 0 Å². The average molecular weight is 367 g/mol. The number of nitrogens with one attached hydrogen (secondary N) is 1. The lowest BCUT2D eigenvalue weighted by Gasteiger charge is -2.38. The zero-order valence-corrected chi connectivity index (χ0v) is 15.3. The van der Waals surface area contributed by atoms with Crippen LogP contribution in [0.2, 0.25) is 0 Å². The Morgan fingerprint density at radius 3 is 2.78 bits per heavy atom. The van der Waals surface area contributed by atoms with Crippen molar-refractivity contribution < 1.29 is 9.53 Å². The molecule has 0 unspecified atom stereocenters. The van der Waals surface area contributed by atoms with Crippen LogP contribution in [-0.4, -0.2) is 57.6 Å². The van der Waals surface area contributed by atoms with E-state index in [1.165, 1.54) is 6.33 Å². The third-order valence-electron chi connectivity index (χ3n) is 4.79. The van der Waals surface area contributed by atoms with Crippen LogP contribution in [0.15, 0.2) is 30.6 Å². The number of aryl methyl sites for hydroxylation is 1. The van der Waals surface area contributed by atoms with Gasteiger partial charge in [-0.2, -0.15) is 0 Å². The maximum atomic E-state index is 12.3. The third-order valence-corrected chi connectivity index (χ3v) is 4.79. The molecule has 4 rings (SSSR count). The van der Waals surface area contributed by atoms with Gasteiger partial charge in [0.15, 0.2) is 17.0 Å². The van der Waals surface area contributed by atoms with Gasteiger partial charge in [-0.3, -0.25) is 4.79 Å². The van der Waals surface area contributed by atoms with Crippen molar-refractivity contribution in [1.82, 2.24) is 30.3 Å². The third kappa shape index (κ3) is 3.40. The van der Waals surface area contributed by atoms with E-state index in [2.05, 4.69) is 25.6 Å². The number of fused-ring (bicyclic) bond motifs is 1. The second-order valence-corrected chi connectivity index (χ2v) is 6.57. The number of benzene rings is 1. The van der Waals surface area contributed by atoms with Gasteiger partial charge in [0.2, 0.25) is 5.91 Å². The first-order valence-electron chi connectivity index (χ1n) is 8.81. The van der Waals surface area contributed by atoms with Crippen molar-refractivity contribution in [3.63, 3.8) is 0 Å². The molecule has 9 heteroatoms. The molecule has 1 aliphatic heterocycles. The highest BCUT2D eigenvalue weighted by molar-refractivity contribution is 5.86. The summed E-state index contributed by atoms with van der Waals surface area (Å²) in [6.45, 7) is 1.86. The van der Waals surface area contributed by atoms with E-state index in [4.69, 9.17) is 4.74 Å². The summed E-state index contributed by atoms with van der Waals surface area (Å²) in [5, 5.41) is 11.1. The lowest BCUT2D eigenvalue weighted by molar-refractivity contribution is -0.125. The number of carbonyl (C=O) groups excluding carboxylic acids is 1. The summed E-state index contributed by atoms with van der Waals surface area (Å²) in [6.07, 6.45) is 2.29. The monoisotopic (exact) mass is 367 g/mol. The fraction of sp³-hybridized carbons (Fsp3) is 0.389. The Morgan fingerprint density at radius 1 is 1.26 bits per heavy atom. The number of hydrogen-bond donors (Lipinski definition) is 1. The molecule has 1 amide bonds. The molecule has 27 heavy (non-hydrogen) atoms. The molecule has 0 saturated carbocycles. The van der Waals surface area contributed by atoms with Crippen LogP contribution in [0.5, 0.6) is 5.75 Å². The van der Waals surface area contributed by atoms with Crippen LogP contribution < -0.4 is 15.0 Å². The molecule has 1 saturated heterocycles. The van der Waals surface area contributed by atoms with Gasteiger partial charge in [-0.25, -0.2) is 14.6 Å². The quantitative estimate of drug-likeness (QED) is 0.680. The fourth-order valence-electron chi connectivity index (χ4n) is 3.16. The van der Waals surface area contributed by atoms with Crippen molar-refractivity contribution in [2.45, 2.75) is 6.42 Å². The van der Waals surface area contributed by atoms with E-state index in [1.807, 2.05) is 29.2 Å². The summed E-state index contributed by atoms with van der Waals surface area (Å²) in [6, 6.07) is 7.88. The number of rotatable bonds is 6. The van der Waals surface area contributed by atoms with Crippen molar-refractivity contribution >= 4 is 22.9 Å². The molecule has 0 radical (unpaired) electrons. The SMILES string of the molecule is COc1ccc(CCNC(=O)C2CN(c3ncnc4c3nnn4C)C2)cc1. The van der Waals surface area contributed by atoms with Gasteiger partial charge in [0.25, 0.3) is 0 Å². The second-order valence-electron chi connectivity index (χ2n) is 6.57. The Kier molecular flexibility index (Phi) is 4.57. The number of hydrogen-bond acceptors (Lipinski definition) is 7. The number of methoxy groups -OCH3 is 1. The van der Waals surface area contributed by atoms with E-state index in [1.54, 1.807) is 18.8 Å². The first-order valence-corrected chi connectivity index (χ1v) is 8.81. The molecular weight excluding hydrogens is 346 g/mol. The first-order chi connectivity index (χ1) is 13.2. The number of nitrogens with zero attached hydrogens (tertiary/aromatic N) is 6. The molecule has 140 valence electrons. The highest BCUT2D eigenvalue weighted by atomic mass is 16.5. The van der Waals surface area contributed by atoms with Crippen molar-refractivity contribution in [3.8, 4) is 5.75 Å². The zero-order chi connectivity index (χ0) is 18.8. The van der Waals surface area contributed by atoms with E-state index in [0.717, 1.165) is 23.6 Å². The summed E-state index contributed by atoms with van der Waals surface area (Å²) < 4.78 is 6.76. The molecule has 1 aromatic carbocycles. The Morgan fingerprint density at radius 2 is 2.04 bits per heavy atom. The minimum Gasteiger partial charge on any atom is -0.497 e. The molecular formula is C18H21N7O2. The number of anilines is 1. The summed E-state index contributed by atoms with van der Waals surface area (Å²) in [7, 11) is 3.44. The maximum Gasteiger partial charge on any atom is 0.226 e. The lowest BCUT2D eigenvalue weighted by atomic mass is 9.99. The Bertz CT molecular complexity index is 948. The van der Waals surface area contributed by atoms with Crippen LogP contribution >= 0.6 is 0 Å². The smallest absolute Gasteiger partial charge is 0.226 e. The number of ether oxygens (including phenoxy) is 1. The topological polar surface area (TPSA) is 98.1 Å². The minimum atomic E-state index is -0.0393. The molecule has 0 aliphatic carbocycles. The molecule has 3 aromatic rings. The predicted octanol–water partition coefficient (Wildman–Crippen LogP) is 0.562. The van der Waals surface area contributed by atoms with Gasteiger partial charge in [0.05, 0.1) is 13.0 Å². The lowest BCUT2D eigenvalue weighted by Crippen LogP contribution is -2.54. The summed E-state index contributed by atoms with van der Waals surface area (Å²) >= 11 is 0. The molecule has 0 spiro atoms. The first kappa shape index (κ1) is 17.2. The Balaban J connectivity index is 1.28. The largest absolute Gasteiger partial charge is 0.497 e. The normalized spacial score (nSPS) is 14.2. The number of amides is 1. The van der Waals surface area contributed by atoms with E-state index in [9.17, 15) is 4.79 Å². The highest BCUT2D eigenvalue weighted by Crippen LogP contribution is 2.27. The van der Waals surface area contributed by atoms with Gasteiger partial charge < -0.3 is 15.0 Å². The highest BCUT2D eigenvalue weighted by Gasteiger charge is 2.34. The zero-order valence-electron chi connectivity index (χ0n) is 15.3. The predicted molar refractivity (Wildman–Crippen MR) is 99.5 cm³/mol. The van der Waals surface area contributed by atoms with Crippen LogP contribution in [-0.2, 0) is 18.3 Å². The van der Waals surface area contributed by atoms with Gasteiger partial charge in [0.1, 0.15) is 12.1 Å². The minimum absolute atomic E-state index is 0.0393. The van der Waals surface area contributed by atoms with Gasteiger partial charge in [0, 0.05) is 26.7 Å². The van der Waals surface area contributed by atoms with Crippen LogP contribution in [0.25, 0.3) is 11.2 Å². The average Bonchev–Trinajstić information content (AvgIpc) is 3.03. The summed E-state index contributed by atoms with van der Waals surface area (Å²) in [5.74, 6) is 1.60. The fourth-order valence-corrected chi connectivity index (χ4v) is 3.16. The van der Waals surface area contributed by atoms with Crippen molar-refractivity contribution in [2.75, 3.05) is 31.6 Å². The second kappa shape index (κ2) is 7.18. The van der Waals surface area contributed by atoms with Crippen molar-refractivity contribution in [1.29, 1.82) is 0 Å². The number of aromatic nitrogens is 5. The molecule has 3 heterocycles. The van der Waals surface area contributed by atoms with E-state index in [-0.39, 0.29) is 11.8 Å². The molecule has 1 fully saturated rings. The molecule has 9 nitrogen and oxygen atoms in total. The van der Waals surface area contributed by atoms with Gasteiger partial charge in [-0.1, -0.05) is 17.3 Å². The van der Waals surface area contributed by atoms with Gasteiger partial charge in [-0.05, 0) is 24.1 Å². The van der Waals surface area contributed by atoms with Crippen LogP contribution in [0.4, 0.5) is 5.82 Å². The van der Waals surface area contributed by atoms with Gasteiger partial charge in [-0.15, -0.1) is 5.10 Å². The molecule has 2 aromatic heterocycles. The van der Waals surface area contributed by atoms with Gasteiger partial charge >= 0.3 is 0 Å². The Labute approximate surface area is 156 Å². The van der Waals surface area contributed by atoms with Crippen molar-refractivity contribution in [3.05, 3.63) is 36.2 Å². The van der Waals surface area contributed by atoms with E-state index < -0.39 is 0 Å². The molecule has 0 atom stereocenters. The van der Waals surface area contributed by atoms with Crippen LogP contribution in [0, 0.1) is 5.92 Å². The Hall–Kier alpha value is -3.23. The molecule has 1 aliphatic rings. The molecule has 0 bridgehead atoms. The molecule has 1 N–H and O–H groups in total. The number of carbonyl (C=O) groups is 1. The van der Waals surface area contributed by atoms with Crippen LogP contribution in [0.1, 0.15) is 5.56 Å². The van der Waals surface area contributed by atoms with E-state index in [0.29, 0.717) is 30.8 Å².